The van der Waals surface area contributed by atoms with Gasteiger partial charge in [-0.3, -0.25) is 4.79 Å². The molecule has 0 atom stereocenters. The monoisotopic (exact) mass is 352 g/mol. The van der Waals surface area contributed by atoms with Crippen LogP contribution in [0.3, 0.4) is 0 Å². The number of nitrogens with one attached hydrogen (secondary N) is 1. The zero-order valence-corrected chi connectivity index (χ0v) is 14.7. The summed E-state index contributed by atoms with van der Waals surface area (Å²) in [6.45, 7) is 5.48. The number of benzene rings is 2. The minimum absolute atomic E-state index is 0.172. The van der Waals surface area contributed by atoms with Crippen molar-refractivity contribution in [2.75, 3.05) is 17.7 Å². The largest absolute Gasteiger partial charge is 0.482 e. The van der Waals surface area contributed by atoms with Gasteiger partial charge in [-0.2, -0.15) is 0 Å². The summed E-state index contributed by atoms with van der Waals surface area (Å²) in [5, 5.41) is 3.66. The molecule has 0 aliphatic heterocycles. The Morgan fingerprint density at radius 1 is 1.13 bits per heavy atom. The molecule has 0 fully saturated rings. The fourth-order valence-corrected chi connectivity index (χ4v) is 3.01. The van der Waals surface area contributed by atoms with Gasteiger partial charge in [0.2, 0.25) is 0 Å². The highest BCUT2D eigenvalue weighted by Gasteiger charge is 2.12. The van der Waals surface area contributed by atoms with Crippen LogP contribution in [0.4, 0.5) is 11.4 Å². The van der Waals surface area contributed by atoms with Crippen LogP contribution in [0.5, 0.6) is 5.75 Å². The Balaban J connectivity index is 2.07. The number of amides is 1. The molecule has 0 saturated heterocycles. The van der Waals surface area contributed by atoms with Crippen LogP contribution < -0.4 is 15.8 Å². The predicted octanol–water partition coefficient (Wildman–Crippen LogP) is 4.52. The molecule has 0 aliphatic carbocycles. The third-order valence-corrected chi connectivity index (χ3v) is 3.82. The maximum Gasteiger partial charge on any atom is 0.262 e. The molecule has 2 aromatic carbocycles. The van der Waals surface area contributed by atoms with Gasteiger partial charge in [0.1, 0.15) is 5.75 Å². The smallest absolute Gasteiger partial charge is 0.262 e. The third kappa shape index (κ3) is 4.30. The van der Waals surface area contributed by atoms with Crippen LogP contribution in [-0.4, -0.2) is 12.5 Å². The minimum atomic E-state index is -0.311. The molecule has 0 spiro atoms. The molecule has 0 heterocycles. The molecule has 0 aromatic heterocycles. The van der Waals surface area contributed by atoms with E-state index in [1.807, 2.05) is 32.9 Å². The van der Waals surface area contributed by atoms with Gasteiger partial charge in [0.25, 0.3) is 5.91 Å². The van der Waals surface area contributed by atoms with Gasteiger partial charge in [0.05, 0.1) is 16.4 Å². The van der Waals surface area contributed by atoms with Gasteiger partial charge in [0.15, 0.2) is 6.61 Å². The second kappa shape index (κ2) is 7.11. The molecule has 122 valence electrons. The van der Waals surface area contributed by atoms with Crippen LogP contribution >= 0.6 is 23.2 Å². The number of ether oxygens (including phenoxy) is 1. The summed E-state index contributed by atoms with van der Waals surface area (Å²) in [7, 11) is 0. The van der Waals surface area contributed by atoms with E-state index in [2.05, 4.69) is 5.32 Å². The predicted molar refractivity (Wildman–Crippen MR) is 95.7 cm³/mol. The van der Waals surface area contributed by atoms with Crippen LogP contribution in [-0.2, 0) is 4.79 Å². The van der Waals surface area contributed by atoms with Crippen LogP contribution in [0, 0.1) is 20.8 Å². The van der Waals surface area contributed by atoms with E-state index < -0.39 is 0 Å². The van der Waals surface area contributed by atoms with E-state index in [1.54, 1.807) is 12.1 Å². The van der Waals surface area contributed by atoms with Crippen LogP contribution in [0.25, 0.3) is 0 Å². The first-order chi connectivity index (χ1) is 10.8. The molecule has 0 bridgehead atoms. The topological polar surface area (TPSA) is 64.3 Å². The van der Waals surface area contributed by atoms with E-state index in [9.17, 15) is 4.79 Å². The summed E-state index contributed by atoms with van der Waals surface area (Å²) in [5.41, 5.74) is 9.78. The number of rotatable bonds is 4. The van der Waals surface area contributed by atoms with Crippen molar-refractivity contribution in [2.45, 2.75) is 20.8 Å². The average molecular weight is 353 g/mol. The zero-order chi connectivity index (χ0) is 17.1. The third-order valence-electron chi connectivity index (χ3n) is 3.32. The molecule has 3 N–H and O–H groups in total. The van der Waals surface area contributed by atoms with Crippen molar-refractivity contribution in [2.24, 2.45) is 0 Å². The Bertz CT molecular complexity index is 714. The summed E-state index contributed by atoms with van der Waals surface area (Å²) < 4.78 is 5.52. The highest BCUT2D eigenvalue weighted by Crippen LogP contribution is 2.32. The summed E-state index contributed by atoms with van der Waals surface area (Å²) in [6.07, 6.45) is 0. The molecule has 4 nitrogen and oxygen atoms in total. The Morgan fingerprint density at radius 2 is 1.83 bits per heavy atom. The van der Waals surface area contributed by atoms with Gasteiger partial charge in [-0.05, 0) is 55.7 Å². The fourth-order valence-electron chi connectivity index (χ4n) is 2.36. The molecule has 2 aromatic rings. The molecule has 23 heavy (non-hydrogen) atoms. The van der Waals surface area contributed by atoms with Crippen molar-refractivity contribution in [3.8, 4) is 5.75 Å². The molecule has 0 aliphatic rings. The normalized spacial score (nSPS) is 10.5. The second-order valence-corrected chi connectivity index (χ2v) is 6.26. The first-order valence-corrected chi connectivity index (χ1v) is 7.78. The van der Waals surface area contributed by atoms with Gasteiger partial charge in [0, 0.05) is 5.02 Å². The number of halogens is 2. The molecule has 1 amide bonds. The lowest BCUT2D eigenvalue weighted by atomic mass is 10.1. The highest BCUT2D eigenvalue weighted by molar-refractivity contribution is 6.35. The maximum atomic E-state index is 12.1. The van der Waals surface area contributed by atoms with Gasteiger partial charge < -0.3 is 15.8 Å². The van der Waals surface area contributed by atoms with Crippen LogP contribution in [0.2, 0.25) is 10.0 Å². The molecule has 0 radical (unpaired) electrons. The summed E-state index contributed by atoms with van der Waals surface area (Å²) in [4.78, 5) is 12.1. The molecular weight excluding hydrogens is 335 g/mol. The lowest BCUT2D eigenvalue weighted by Gasteiger charge is -2.14. The molecule has 6 heteroatoms. The number of hydrogen-bond donors (Lipinski definition) is 2. The van der Waals surface area contributed by atoms with E-state index in [-0.39, 0.29) is 12.5 Å². The van der Waals surface area contributed by atoms with Crippen LogP contribution in [0.15, 0.2) is 24.3 Å². The standard InChI is InChI=1S/C17H18Cl2N2O2/c1-9-4-10(2)16(14(20)5-9)21-15(22)8-23-17-11(3)6-12(18)7-13(17)19/h4-7H,8,20H2,1-3H3,(H,21,22). The average Bonchev–Trinajstić information content (AvgIpc) is 2.41. The Hall–Kier alpha value is -1.91. The SMILES string of the molecule is Cc1cc(C)c(NC(=O)COc2c(C)cc(Cl)cc2Cl)c(N)c1. The van der Waals surface area contributed by atoms with Gasteiger partial charge in [-0.1, -0.05) is 29.3 Å². The molecule has 0 unspecified atom stereocenters. The van der Waals surface area contributed by atoms with Crippen molar-refractivity contribution >= 4 is 40.5 Å². The number of carbonyl (C=O) groups excluding carboxylic acids is 1. The van der Waals surface area contributed by atoms with Crippen molar-refractivity contribution in [1.29, 1.82) is 0 Å². The number of nitrogen functional groups attached to an aromatic ring is 1. The Labute approximate surface area is 145 Å². The summed E-state index contributed by atoms with van der Waals surface area (Å²) in [6, 6.07) is 7.06. The quantitative estimate of drug-likeness (QED) is 0.795. The van der Waals surface area contributed by atoms with Crippen molar-refractivity contribution in [3.63, 3.8) is 0 Å². The number of hydrogen-bond acceptors (Lipinski definition) is 3. The molecular formula is C17H18Cl2N2O2. The van der Waals surface area contributed by atoms with E-state index in [0.29, 0.717) is 27.2 Å². The van der Waals surface area contributed by atoms with Crippen LogP contribution in [0.1, 0.15) is 16.7 Å². The highest BCUT2D eigenvalue weighted by atomic mass is 35.5. The van der Waals surface area contributed by atoms with Crippen molar-refractivity contribution in [1.82, 2.24) is 0 Å². The Morgan fingerprint density at radius 3 is 2.43 bits per heavy atom. The molecule has 2 rings (SSSR count). The van der Waals surface area contributed by atoms with Crippen molar-refractivity contribution < 1.29 is 9.53 Å². The lowest BCUT2D eigenvalue weighted by Crippen LogP contribution is -2.21. The first kappa shape index (κ1) is 17.4. The number of nitrogens with two attached hydrogens (primary N) is 1. The van der Waals surface area contributed by atoms with E-state index in [4.69, 9.17) is 33.7 Å². The van der Waals surface area contributed by atoms with E-state index in [1.165, 1.54) is 0 Å². The lowest BCUT2D eigenvalue weighted by molar-refractivity contribution is -0.118. The first-order valence-electron chi connectivity index (χ1n) is 7.03. The zero-order valence-electron chi connectivity index (χ0n) is 13.2. The number of aryl methyl sites for hydroxylation is 3. The summed E-state index contributed by atoms with van der Waals surface area (Å²) in [5.74, 6) is 0.133. The van der Waals surface area contributed by atoms with Gasteiger partial charge >= 0.3 is 0 Å². The summed E-state index contributed by atoms with van der Waals surface area (Å²) >= 11 is 12.0. The fraction of sp³-hybridized carbons (Fsp3) is 0.235. The maximum absolute atomic E-state index is 12.1. The second-order valence-electron chi connectivity index (χ2n) is 5.42. The number of anilines is 2. The van der Waals surface area contributed by atoms with Gasteiger partial charge in [-0.25, -0.2) is 0 Å². The Kier molecular flexibility index (Phi) is 5.39. The molecule has 0 saturated carbocycles. The van der Waals surface area contributed by atoms with Gasteiger partial charge in [-0.15, -0.1) is 0 Å². The van der Waals surface area contributed by atoms with E-state index >= 15 is 0 Å². The van der Waals surface area contributed by atoms with Crippen molar-refractivity contribution in [3.05, 3.63) is 51.0 Å². The van der Waals surface area contributed by atoms with E-state index in [0.717, 1.165) is 16.7 Å². The number of carbonyl (C=O) groups is 1. The minimum Gasteiger partial charge on any atom is -0.482 e.